The molecule has 0 aliphatic carbocycles. The first kappa shape index (κ1) is 24.0. The third-order valence-electron chi connectivity index (χ3n) is 3.68. The Morgan fingerprint density at radius 3 is 2.59 bits per heavy atom. The third-order valence-corrected chi connectivity index (χ3v) is 7.01. The van der Waals surface area contributed by atoms with Crippen LogP contribution < -0.4 is 10.3 Å². The molecule has 2 heterocycles. The zero-order valence-electron chi connectivity index (χ0n) is 15.8. The van der Waals surface area contributed by atoms with Crippen LogP contribution in [0.1, 0.15) is 22.0 Å². The Balaban J connectivity index is 1.76. The van der Waals surface area contributed by atoms with Crippen molar-refractivity contribution in [2.45, 2.75) is 26.8 Å². The quantitative estimate of drug-likeness (QED) is 0.208. The van der Waals surface area contributed by atoms with E-state index in [0.29, 0.717) is 31.2 Å². The molecule has 1 atom stereocenters. The molecule has 2 rings (SSSR count). The number of nitrogens with two attached hydrogens (primary N) is 1. The number of nitrogen functional groups attached to an aromatic ring is 1. The Bertz CT molecular complexity index is 934. The van der Waals surface area contributed by atoms with Gasteiger partial charge in [0.1, 0.15) is 11.6 Å². The summed E-state index contributed by atoms with van der Waals surface area (Å²) in [7, 11) is -9.95. The standard InChI is InChI=1S/C14H22N4O8P2S/c1-10-13(3-4-24-5-6-25-28(22,23)26-27(19,20)21)29-9-18(10)8-12-7-16-11(2)17-14(12)15/h7,9H,3-6,8H2,1-2H3,(H4-,15,16,17,19,20,21,22,23)/p+1. The van der Waals surface area contributed by atoms with E-state index < -0.39 is 15.6 Å². The number of hydrogen-bond donors (Lipinski definition) is 4. The molecule has 0 fully saturated rings. The molecule has 0 bridgehead atoms. The van der Waals surface area contributed by atoms with Crippen LogP contribution in [0.25, 0.3) is 0 Å². The van der Waals surface area contributed by atoms with Gasteiger partial charge in [0.25, 0.3) is 0 Å². The van der Waals surface area contributed by atoms with E-state index in [9.17, 15) is 9.13 Å². The van der Waals surface area contributed by atoms with Crippen molar-refractivity contribution >= 4 is 32.8 Å². The molecule has 2 aromatic rings. The van der Waals surface area contributed by atoms with Gasteiger partial charge < -0.3 is 25.2 Å². The molecule has 0 aliphatic rings. The number of ether oxygens (including phenoxy) is 1. The number of anilines is 1. The van der Waals surface area contributed by atoms with E-state index in [-0.39, 0.29) is 13.2 Å². The summed E-state index contributed by atoms with van der Waals surface area (Å²) in [6, 6.07) is 0. The maximum Gasteiger partial charge on any atom is 0.481 e. The SMILES string of the molecule is Cc1ncc(C[n+]2csc(CCOCCOP(=O)(O)OP(=O)(O)O)c2C)c(N)n1. The van der Waals surface area contributed by atoms with Gasteiger partial charge in [0.05, 0.1) is 30.3 Å². The average molecular weight is 469 g/mol. The van der Waals surface area contributed by atoms with E-state index in [1.807, 2.05) is 17.0 Å². The highest BCUT2D eigenvalue weighted by Crippen LogP contribution is 2.57. The van der Waals surface area contributed by atoms with Crippen molar-refractivity contribution in [2.75, 3.05) is 25.6 Å². The minimum absolute atomic E-state index is 0.0449. The van der Waals surface area contributed by atoms with Gasteiger partial charge in [0, 0.05) is 19.5 Å². The number of phosphoric ester groups is 1. The summed E-state index contributed by atoms with van der Waals surface area (Å²) in [6.45, 7) is 4.22. The first-order chi connectivity index (χ1) is 13.5. The van der Waals surface area contributed by atoms with Crippen LogP contribution in [0.2, 0.25) is 0 Å². The fraction of sp³-hybridized carbons (Fsp3) is 0.500. The number of aromatic nitrogens is 3. The second-order valence-corrected chi connectivity index (χ2v) is 9.69. The third kappa shape index (κ3) is 8.17. The molecule has 5 N–H and O–H groups in total. The van der Waals surface area contributed by atoms with Crippen molar-refractivity contribution in [2.24, 2.45) is 0 Å². The number of hydrogen-bond acceptors (Lipinski definition) is 9. The molecule has 0 aromatic carbocycles. The first-order valence-electron chi connectivity index (χ1n) is 8.33. The summed E-state index contributed by atoms with van der Waals surface area (Å²) in [5.74, 6) is 1.07. The van der Waals surface area contributed by atoms with Gasteiger partial charge in [-0.1, -0.05) is 11.3 Å². The van der Waals surface area contributed by atoms with Gasteiger partial charge in [-0.15, -0.1) is 0 Å². The number of thiazole rings is 1. The van der Waals surface area contributed by atoms with Crippen LogP contribution in [0.15, 0.2) is 11.7 Å². The molecule has 2 aromatic heterocycles. The second kappa shape index (κ2) is 10.2. The van der Waals surface area contributed by atoms with E-state index in [2.05, 4.69) is 18.8 Å². The number of rotatable bonds is 11. The highest BCUT2D eigenvalue weighted by molar-refractivity contribution is 7.60. The Morgan fingerprint density at radius 1 is 1.21 bits per heavy atom. The largest absolute Gasteiger partial charge is 0.481 e. The van der Waals surface area contributed by atoms with E-state index >= 15 is 0 Å². The Kier molecular flexibility index (Phi) is 8.41. The topological polar surface area (TPSA) is 178 Å². The molecule has 12 nitrogen and oxygen atoms in total. The zero-order chi connectivity index (χ0) is 21.7. The molecule has 0 amide bonds. The fourth-order valence-electron chi connectivity index (χ4n) is 2.30. The van der Waals surface area contributed by atoms with Gasteiger partial charge in [-0.05, 0) is 6.92 Å². The van der Waals surface area contributed by atoms with Crippen LogP contribution in [0.4, 0.5) is 5.82 Å². The van der Waals surface area contributed by atoms with Crippen molar-refractivity contribution < 1.29 is 41.9 Å². The van der Waals surface area contributed by atoms with E-state index in [1.165, 1.54) is 0 Å². The van der Waals surface area contributed by atoms with Crippen LogP contribution in [-0.4, -0.2) is 44.5 Å². The number of phosphoric acid groups is 2. The highest BCUT2D eigenvalue weighted by Gasteiger charge is 2.32. The lowest BCUT2D eigenvalue weighted by atomic mass is 10.2. The van der Waals surface area contributed by atoms with Gasteiger partial charge >= 0.3 is 15.6 Å². The molecular formula is C14H23N4O8P2S+. The summed E-state index contributed by atoms with van der Waals surface area (Å²) >= 11 is 1.56. The minimum atomic E-state index is -5.12. The monoisotopic (exact) mass is 469 g/mol. The second-order valence-electron chi connectivity index (χ2n) is 5.92. The maximum atomic E-state index is 11.3. The van der Waals surface area contributed by atoms with Crippen molar-refractivity contribution in [1.29, 1.82) is 0 Å². The average Bonchev–Trinajstić information content (AvgIpc) is 2.91. The Hall–Kier alpha value is -1.27. The fourth-order valence-corrected chi connectivity index (χ4v) is 4.85. The van der Waals surface area contributed by atoms with Crippen molar-refractivity contribution in [3.8, 4) is 0 Å². The molecule has 0 radical (unpaired) electrons. The van der Waals surface area contributed by atoms with Crippen LogP contribution in [0.5, 0.6) is 0 Å². The van der Waals surface area contributed by atoms with Crippen LogP contribution in [0, 0.1) is 13.8 Å². The molecule has 0 saturated carbocycles. The van der Waals surface area contributed by atoms with Crippen molar-refractivity contribution in [3.05, 3.63) is 33.7 Å². The smallest absolute Gasteiger partial charge is 0.383 e. The predicted octanol–water partition coefficient (Wildman–Crippen LogP) is 0.858. The molecule has 0 aliphatic heterocycles. The van der Waals surface area contributed by atoms with E-state index in [0.717, 1.165) is 16.1 Å². The van der Waals surface area contributed by atoms with Gasteiger partial charge in [0.2, 0.25) is 5.51 Å². The summed E-state index contributed by atoms with van der Waals surface area (Å²) in [4.78, 5) is 35.5. The molecule has 162 valence electrons. The van der Waals surface area contributed by atoms with Crippen LogP contribution >= 0.6 is 27.0 Å². The molecule has 15 heteroatoms. The summed E-state index contributed by atoms with van der Waals surface area (Å²) in [6.07, 6.45) is 2.32. The molecule has 1 unspecified atom stereocenters. The number of aryl methyl sites for hydroxylation is 1. The lowest BCUT2D eigenvalue weighted by Gasteiger charge is -2.12. The number of nitrogens with zero attached hydrogens (tertiary/aromatic N) is 3. The molecule has 29 heavy (non-hydrogen) atoms. The van der Waals surface area contributed by atoms with E-state index in [4.69, 9.17) is 25.2 Å². The first-order valence-corrected chi connectivity index (χ1v) is 12.2. The lowest BCUT2D eigenvalue weighted by Crippen LogP contribution is -2.35. The Labute approximate surface area is 171 Å². The lowest BCUT2D eigenvalue weighted by molar-refractivity contribution is -0.689. The van der Waals surface area contributed by atoms with Crippen LogP contribution in [0.3, 0.4) is 0 Å². The summed E-state index contributed by atoms with van der Waals surface area (Å²) < 4.78 is 37.3. The van der Waals surface area contributed by atoms with Crippen molar-refractivity contribution in [1.82, 2.24) is 9.97 Å². The van der Waals surface area contributed by atoms with E-state index in [1.54, 1.807) is 24.5 Å². The summed E-state index contributed by atoms with van der Waals surface area (Å²) in [5, 5.41) is 0. The molecular weight excluding hydrogens is 446 g/mol. The highest BCUT2D eigenvalue weighted by atomic mass is 32.1. The minimum Gasteiger partial charge on any atom is -0.383 e. The molecule has 0 spiro atoms. The van der Waals surface area contributed by atoms with Crippen LogP contribution in [-0.2, 0) is 35.7 Å². The Morgan fingerprint density at radius 2 is 1.93 bits per heavy atom. The maximum absolute atomic E-state index is 11.3. The molecule has 0 saturated heterocycles. The normalized spacial score (nSPS) is 14.1. The summed E-state index contributed by atoms with van der Waals surface area (Å²) in [5.41, 5.74) is 9.77. The zero-order valence-corrected chi connectivity index (χ0v) is 18.4. The van der Waals surface area contributed by atoms with Gasteiger partial charge in [-0.3, -0.25) is 4.52 Å². The van der Waals surface area contributed by atoms with Gasteiger partial charge in [0.15, 0.2) is 12.2 Å². The van der Waals surface area contributed by atoms with Gasteiger partial charge in [-0.2, -0.15) is 8.88 Å². The van der Waals surface area contributed by atoms with Crippen molar-refractivity contribution in [3.63, 3.8) is 0 Å². The van der Waals surface area contributed by atoms with Gasteiger partial charge in [-0.25, -0.2) is 19.1 Å². The predicted molar refractivity (Wildman–Crippen MR) is 103 cm³/mol.